The number of carboxylic acids is 1. The predicted molar refractivity (Wildman–Crippen MR) is 94.7 cm³/mol. The maximum atomic E-state index is 12.7. The van der Waals surface area contributed by atoms with Crippen LogP contribution in [-0.4, -0.2) is 32.2 Å². The van der Waals surface area contributed by atoms with Gasteiger partial charge in [-0.1, -0.05) is 11.6 Å². The number of aromatic amines is 2. The molecule has 0 aliphatic carbocycles. The number of aryl methyl sites for hydroxylation is 2. The van der Waals surface area contributed by atoms with E-state index in [1.807, 2.05) is 26.0 Å². The number of aromatic carboxylic acids is 1. The number of rotatable bonds is 2. The first kappa shape index (κ1) is 16.1. The molecule has 1 aromatic carbocycles. The van der Waals surface area contributed by atoms with E-state index in [1.165, 1.54) is 0 Å². The molecular weight excluding hydrogens is 336 g/mol. The second-order valence-electron chi connectivity index (χ2n) is 6.57. The number of hydrogen-bond acceptors (Lipinski definition) is 4. The van der Waals surface area contributed by atoms with Crippen LogP contribution in [-0.2, 0) is 4.79 Å². The molecule has 0 unspecified atom stereocenters. The van der Waals surface area contributed by atoms with Gasteiger partial charge in [-0.25, -0.2) is 4.79 Å². The number of fused-ring (bicyclic) bond motifs is 2. The Kier molecular flexibility index (Phi) is 3.43. The van der Waals surface area contributed by atoms with Gasteiger partial charge in [0, 0.05) is 23.5 Å². The third kappa shape index (κ3) is 2.38. The fraction of sp³-hybridized carbons (Fsp3) is 0.222. The summed E-state index contributed by atoms with van der Waals surface area (Å²) >= 11 is 0. The van der Waals surface area contributed by atoms with E-state index in [0.717, 1.165) is 22.0 Å². The number of H-pyrrole nitrogens is 2. The number of benzene rings is 1. The van der Waals surface area contributed by atoms with Gasteiger partial charge in [0.1, 0.15) is 5.69 Å². The van der Waals surface area contributed by atoms with Crippen LogP contribution >= 0.6 is 0 Å². The summed E-state index contributed by atoms with van der Waals surface area (Å²) in [5.41, 5.74) is 2.94. The van der Waals surface area contributed by atoms with Crippen molar-refractivity contribution in [3.8, 4) is 0 Å². The van der Waals surface area contributed by atoms with Crippen LogP contribution in [0.5, 0.6) is 0 Å². The van der Waals surface area contributed by atoms with E-state index in [2.05, 4.69) is 20.5 Å². The van der Waals surface area contributed by atoms with E-state index in [4.69, 9.17) is 0 Å². The molecule has 0 bridgehead atoms. The number of aromatic nitrogens is 3. The molecule has 0 saturated heterocycles. The summed E-state index contributed by atoms with van der Waals surface area (Å²) in [5.74, 6) is -2.03. The largest absolute Gasteiger partial charge is 0.477 e. The Balaban J connectivity index is 1.98. The topological polar surface area (TPSA) is 128 Å². The lowest BCUT2D eigenvalue weighted by Gasteiger charge is -2.22. The second-order valence-corrected chi connectivity index (χ2v) is 6.57. The van der Waals surface area contributed by atoms with Crippen LogP contribution in [0.4, 0.5) is 5.82 Å². The first-order valence-electron chi connectivity index (χ1n) is 8.10. The van der Waals surface area contributed by atoms with Crippen molar-refractivity contribution in [2.24, 2.45) is 0 Å². The highest BCUT2D eigenvalue weighted by atomic mass is 16.4. The van der Waals surface area contributed by atoms with Gasteiger partial charge in [0.15, 0.2) is 5.82 Å². The summed E-state index contributed by atoms with van der Waals surface area (Å²) in [4.78, 5) is 39.2. The van der Waals surface area contributed by atoms with Crippen LogP contribution < -0.4 is 10.9 Å². The Bertz CT molecular complexity index is 1140. The Morgan fingerprint density at radius 1 is 1.23 bits per heavy atom. The zero-order valence-corrected chi connectivity index (χ0v) is 14.1. The first-order valence-corrected chi connectivity index (χ1v) is 8.10. The molecule has 0 spiro atoms. The fourth-order valence-electron chi connectivity index (χ4n) is 3.65. The van der Waals surface area contributed by atoms with Crippen molar-refractivity contribution in [1.82, 2.24) is 15.2 Å². The first-order chi connectivity index (χ1) is 12.3. The molecule has 0 fully saturated rings. The standard InChI is InChI=1S/C18H16N4O4/c1-7-3-8(2)14-9(4-7)5-11(17(24)20-14)10-6-12(23)19-16-13(10)15(18(25)26)21-22-16/h3-5,10H,6H2,1-2H3,(H,20,24)(H,25,26)(H2,19,21,22,23)/t10-/m0/s1. The third-order valence-electron chi connectivity index (χ3n) is 4.71. The van der Waals surface area contributed by atoms with Crippen LogP contribution in [0.3, 0.4) is 0 Å². The number of nitrogens with one attached hydrogen (secondary N) is 3. The van der Waals surface area contributed by atoms with Crippen molar-refractivity contribution in [3.05, 3.63) is 56.5 Å². The normalized spacial score (nSPS) is 16.4. The molecule has 2 aromatic heterocycles. The summed E-state index contributed by atoms with van der Waals surface area (Å²) in [6.45, 7) is 3.87. The van der Waals surface area contributed by atoms with Gasteiger partial charge in [-0.05, 0) is 36.9 Å². The Hall–Kier alpha value is -3.42. The molecule has 3 aromatic rings. The summed E-state index contributed by atoms with van der Waals surface area (Å²) < 4.78 is 0. The van der Waals surface area contributed by atoms with Crippen molar-refractivity contribution < 1.29 is 14.7 Å². The number of carbonyl (C=O) groups is 2. The van der Waals surface area contributed by atoms with Crippen LogP contribution in [0.25, 0.3) is 10.9 Å². The second kappa shape index (κ2) is 5.55. The summed E-state index contributed by atoms with van der Waals surface area (Å²) in [7, 11) is 0. The molecule has 1 atom stereocenters. The smallest absolute Gasteiger partial charge is 0.354 e. The molecule has 1 aliphatic rings. The molecule has 1 aliphatic heterocycles. The minimum absolute atomic E-state index is 0.0216. The quantitative estimate of drug-likeness (QED) is 0.561. The number of carbonyl (C=O) groups excluding carboxylic acids is 1. The molecular formula is C18H16N4O4. The van der Waals surface area contributed by atoms with E-state index in [1.54, 1.807) is 6.07 Å². The number of hydrogen-bond donors (Lipinski definition) is 4. The molecule has 26 heavy (non-hydrogen) atoms. The van der Waals surface area contributed by atoms with Crippen molar-refractivity contribution >= 4 is 28.6 Å². The van der Waals surface area contributed by atoms with Crippen molar-refractivity contribution in [3.63, 3.8) is 0 Å². The van der Waals surface area contributed by atoms with Crippen LogP contribution in [0.1, 0.15) is 45.1 Å². The molecule has 4 rings (SSSR count). The highest BCUT2D eigenvalue weighted by Gasteiger charge is 2.35. The number of anilines is 1. The molecule has 8 heteroatoms. The van der Waals surface area contributed by atoms with Crippen LogP contribution in [0.15, 0.2) is 23.0 Å². The molecule has 8 nitrogen and oxygen atoms in total. The highest BCUT2D eigenvalue weighted by molar-refractivity contribution is 5.98. The average Bonchev–Trinajstić information content (AvgIpc) is 2.98. The molecule has 3 heterocycles. The number of carboxylic acid groups (broad SMARTS) is 1. The maximum Gasteiger partial charge on any atom is 0.354 e. The SMILES string of the molecule is Cc1cc(C)c2[nH]c(=O)c([C@@H]3CC(=O)Nc4n[nH]c(C(=O)O)c43)cc2c1. The number of amides is 1. The average molecular weight is 352 g/mol. The number of nitrogens with zero attached hydrogens (tertiary/aromatic N) is 1. The van der Waals surface area contributed by atoms with Crippen molar-refractivity contribution in [2.75, 3.05) is 5.32 Å². The lowest BCUT2D eigenvalue weighted by molar-refractivity contribution is -0.116. The fourth-order valence-corrected chi connectivity index (χ4v) is 3.65. The zero-order chi connectivity index (χ0) is 18.6. The lowest BCUT2D eigenvalue weighted by Crippen LogP contribution is -2.28. The summed E-state index contributed by atoms with van der Waals surface area (Å²) in [6, 6.07) is 5.65. The van der Waals surface area contributed by atoms with Gasteiger partial charge in [-0.15, -0.1) is 0 Å². The van der Waals surface area contributed by atoms with Crippen molar-refractivity contribution in [1.29, 1.82) is 0 Å². The van der Waals surface area contributed by atoms with Gasteiger partial charge in [-0.3, -0.25) is 14.7 Å². The Morgan fingerprint density at radius 3 is 2.73 bits per heavy atom. The van der Waals surface area contributed by atoms with E-state index >= 15 is 0 Å². The highest BCUT2D eigenvalue weighted by Crippen LogP contribution is 2.37. The molecule has 0 radical (unpaired) electrons. The number of pyridine rings is 1. The van der Waals surface area contributed by atoms with Gasteiger partial charge >= 0.3 is 5.97 Å². The van der Waals surface area contributed by atoms with E-state index in [0.29, 0.717) is 11.1 Å². The maximum absolute atomic E-state index is 12.7. The van der Waals surface area contributed by atoms with Gasteiger partial charge in [0.25, 0.3) is 5.56 Å². The third-order valence-corrected chi connectivity index (χ3v) is 4.71. The lowest BCUT2D eigenvalue weighted by atomic mass is 9.85. The summed E-state index contributed by atoms with van der Waals surface area (Å²) in [6.07, 6.45) is -0.0216. The van der Waals surface area contributed by atoms with Crippen molar-refractivity contribution in [2.45, 2.75) is 26.2 Å². The predicted octanol–water partition coefficient (Wildman–Crippen LogP) is 2.04. The minimum Gasteiger partial charge on any atom is -0.477 e. The molecule has 1 amide bonds. The van der Waals surface area contributed by atoms with Gasteiger partial charge in [0.2, 0.25) is 5.91 Å². The summed E-state index contributed by atoms with van der Waals surface area (Å²) in [5, 5.41) is 19.1. The Morgan fingerprint density at radius 2 is 2.00 bits per heavy atom. The van der Waals surface area contributed by atoms with E-state index in [-0.39, 0.29) is 29.4 Å². The van der Waals surface area contributed by atoms with Crippen LogP contribution in [0, 0.1) is 13.8 Å². The van der Waals surface area contributed by atoms with Gasteiger partial charge < -0.3 is 15.4 Å². The van der Waals surface area contributed by atoms with Crippen LogP contribution in [0.2, 0.25) is 0 Å². The van der Waals surface area contributed by atoms with E-state index in [9.17, 15) is 19.5 Å². The van der Waals surface area contributed by atoms with Gasteiger partial charge in [0.05, 0.1) is 5.52 Å². The Labute approximate surface area is 147 Å². The van der Waals surface area contributed by atoms with Gasteiger partial charge in [-0.2, -0.15) is 5.10 Å². The van der Waals surface area contributed by atoms with E-state index < -0.39 is 11.9 Å². The zero-order valence-electron chi connectivity index (χ0n) is 14.1. The molecule has 0 saturated carbocycles. The monoisotopic (exact) mass is 352 g/mol. The molecule has 132 valence electrons. The minimum atomic E-state index is -1.19. The molecule has 4 N–H and O–H groups in total.